The molecule has 0 spiro atoms. The molecule has 4 heteroatoms. The zero-order valence-corrected chi connectivity index (χ0v) is 11.1. The average Bonchev–Trinajstić information content (AvgIpc) is 2.45. The van der Waals surface area contributed by atoms with Crippen LogP contribution in [0.25, 0.3) is 11.1 Å². The third-order valence-corrected chi connectivity index (χ3v) is 2.91. The Labute approximate surface area is 117 Å². The molecule has 0 aliphatic carbocycles. The number of hydrogen-bond acceptors (Lipinski definition) is 2. The van der Waals surface area contributed by atoms with Crippen molar-refractivity contribution in [2.24, 2.45) is 0 Å². The molecule has 2 rings (SSSR count). The van der Waals surface area contributed by atoms with Crippen molar-refractivity contribution < 1.29 is 14.7 Å². The van der Waals surface area contributed by atoms with Gasteiger partial charge in [-0.15, -0.1) is 0 Å². The van der Waals surface area contributed by atoms with Crippen molar-refractivity contribution in [3.05, 3.63) is 59.7 Å². The maximum atomic E-state index is 11.0. The molecule has 20 heavy (non-hydrogen) atoms. The van der Waals surface area contributed by atoms with Gasteiger partial charge in [0.05, 0.1) is 5.56 Å². The highest BCUT2D eigenvalue weighted by Gasteiger charge is 2.05. The number of carboxylic acids is 1. The summed E-state index contributed by atoms with van der Waals surface area (Å²) in [7, 11) is 0. The Morgan fingerprint density at radius 2 is 1.70 bits per heavy atom. The van der Waals surface area contributed by atoms with Crippen LogP contribution >= 0.6 is 0 Å². The van der Waals surface area contributed by atoms with Crippen LogP contribution in [-0.2, 0) is 11.3 Å². The minimum Gasteiger partial charge on any atom is -0.478 e. The lowest BCUT2D eigenvalue weighted by atomic mass is 10.0. The summed E-state index contributed by atoms with van der Waals surface area (Å²) in [6, 6.07) is 14.5. The molecule has 102 valence electrons. The van der Waals surface area contributed by atoms with E-state index >= 15 is 0 Å². The topological polar surface area (TPSA) is 66.4 Å². The molecule has 0 aliphatic rings. The van der Waals surface area contributed by atoms with Crippen LogP contribution in [0.2, 0.25) is 0 Å². The van der Waals surface area contributed by atoms with Gasteiger partial charge in [0, 0.05) is 13.5 Å². The van der Waals surface area contributed by atoms with Gasteiger partial charge in [-0.05, 0) is 34.9 Å². The van der Waals surface area contributed by atoms with E-state index in [1.165, 1.54) is 6.92 Å². The summed E-state index contributed by atoms with van der Waals surface area (Å²) in [5, 5.41) is 11.7. The minimum atomic E-state index is -0.943. The van der Waals surface area contributed by atoms with E-state index in [1.54, 1.807) is 18.2 Å². The van der Waals surface area contributed by atoms with Crippen LogP contribution in [0.5, 0.6) is 0 Å². The number of carboxylic acid groups (broad SMARTS) is 1. The molecule has 2 aromatic rings. The number of nitrogens with one attached hydrogen (secondary N) is 1. The third-order valence-electron chi connectivity index (χ3n) is 2.91. The van der Waals surface area contributed by atoms with Crippen molar-refractivity contribution in [1.82, 2.24) is 5.32 Å². The van der Waals surface area contributed by atoms with E-state index in [-0.39, 0.29) is 11.5 Å². The highest BCUT2D eigenvalue weighted by molar-refractivity contribution is 5.89. The molecule has 0 bridgehead atoms. The van der Waals surface area contributed by atoms with Gasteiger partial charge in [0.2, 0.25) is 5.91 Å². The largest absolute Gasteiger partial charge is 0.478 e. The fourth-order valence-corrected chi connectivity index (χ4v) is 1.92. The van der Waals surface area contributed by atoms with Crippen molar-refractivity contribution in [3.8, 4) is 11.1 Å². The number of rotatable bonds is 4. The second-order valence-electron chi connectivity index (χ2n) is 4.50. The Bertz CT molecular complexity index is 650. The highest BCUT2D eigenvalue weighted by Crippen LogP contribution is 2.21. The van der Waals surface area contributed by atoms with Gasteiger partial charge in [0.15, 0.2) is 0 Å². The van der Waals surface area contributed by atoms with Gasteiger partial charge < -0.3 is 10.4 Å². The molecule has 0 fully saturated rings. The second-order valence-corrected chi connectivity index (χ2v) is 4.50. The summed E-state index contributed by atoms with van der Waals surface area (Å²) in [6.45, 7) is 1.93. The van der Waals surface area contributed by atoms with Crippen LogP contribution < -0.4 is 5.32 Å². The lowest BCUT2D eigenvalue weighted by Crippen LogP contribution is -2.18. The van der Waals surface area contributed by atoms with E-state index in [9.17, 15) is 9.59 Å². The van der Waals surface area contributed by atoms with Crippen LogP contribution in [0.4, 0.5) is 0 Å². The van der Waals surface area contributed by atoms with Gasteiger partial charge in [-0.1, -0.05) is 30.3 Å². The van der Waals surface area contributed by atoms with Gasteiger partial charge in [-0.3, -0.25) is 4.79 Å². The number of amides is 1. The van der Waals surface area contributed by atoms with E-state index in [0.717, 1.165) is 16.7 Å². The lowest BCUT2D eigenvalue weighted by Gasteiger charge is -2.07. The summed E-state index contributed by atoms with van der Waals surface area (Å²) >= 11 is 0. The van der Waals surface area contributed by atoms with Crippen LogP contribution in [0, 0.1) is 0 Å². The van der Waals surface area contributed by atoms with E-state index in [0.29, 0.717) is 6.54 Å². The fourth-order valence-electron chi connectivity index (χ4n) is 1.92. The summed E-state index contributed by atoms with van der Waals surface area (Å²) in [5.41, 5.74) is 3.00. The quantitative estimate of drug-likeness (QED) is 0.896. The first kappa shape index (κ1) is 13.8. The molecule has 0 unspecified atom stereocenters. The van der Waals surface area contributed by atoms with E-state index in [1.807, 2.05) is 30.3 Å². The fraction of sp³-hybridized carbons (Fsp3) is 0.125. The molecule has 0 saturated carbocycles. The number of hydrogen-bond donors (Lipinski definition) is 2. The summed E-state index contributed by atoms with van der Waals surface area (Å²) in [5.74, 6) is -1.02. The maximum Gasteiger partial charge on any atom is 0.335 e. The van der Waals surface area contributed by atoms with Crippen molar-refractivity contribution in [1.29, 1.82) is 0 Å². The van der Waals surface area contributed by atoms with E-state index in [4.69, 9.17) is 5.11 Å². The molecular formula is C16H15NO3. The molecule has 0 aliphatic heterocycles. The first-order valence-corrected chi connectivity index (χ1v) is 6.23. The van der Waals surface area contributed by atoms with Crippen LogP contribution in [0.3, 0.4) is 0 Å². The predicted molar refractivity (Wildman–Crippen MR) is 76.4 cm³/mol. The molecule has 2 aromatic carbocycles. The Morgan fingerprint density at radius 3 is 2.35 bits per heavy atom. The molecule has 4 nitrogen and oxygen atoms in total. The van der Waals surface area contributed by atoms with Gasteiger partial charge in [-0.25, -0.2) is 4.79 Å². The number of carbonyl (C=O) groups excluding carboxylic acids is 1. The molecule has 0 aromatic heterocycles. The van der Waals surface area contributed by atoms with Crippen LogP contribution in [0.1, 0.15) is 22.8 Å². The van der Waals surface area contributed by atoms with Crippen LogP contribution in [-0.4, -0.2) is 17.0 Å². The number of aromatic carboxylic acids is 1. The van der Waals surface area contributed by atoms with Crippen molar-refractivity contribution in [2.45, 2.75) is 13.5 Å². The second kappa shape index (κ2) is 6.02. The van der Waals surface area contributed by atoms with E-state index < -0.39 is 5.97 Å². The first-order chi connectivity index (χ1) is 9.56. The molecular weight excluding hydrogens is 254 g/mol. The number of benzene rings is 2. The Hall–Kier alpha value is -2.62. The monoisotopic (exact) mass is 269 g/mol. The minimum absolute atomic E-state index is 0.0803. The standard InChI is InChI=1S/C16H15NO3/c1-11(18)17-10-12-4-2-5-13(8-12)14-6-3-7-15(9-14)16(19)20/h2-9H,10H2,1H3,(H,17,18)(H,19,20). The zero-order valence-electron chi connectivity index (χ0n) is 11.1. The highest BCUT2D eigenvalue weighted by atomic mass is 16.4. The number of carbonyl (C=O) groups is 2. The summed E-state index contributed by atoms with van der Waals surface area (Å²) in [4.78, 5) is 21.9. The molecule has 2 N–H and O–H groups in total. The van der Waals surface area contributed by atoms with Gasteiger partial charge in [0.1, 0.15) is 0 Å². The van der Waals surface area contributed by atoms with Gasteiger partial charge in [0.25, 0.3) is 0 Å². The van der Waals surface area contributed by atoms with Crippen LogP contribution in [0.15, 0.2) is 48.5 Å². The first-order valence-electron chi connectivity index (χ1n) is 6.23. The molecule has 1 amide bonds. The molecule has 0 heterocycles. The Kier molecular flexibility index (Phi) is 4.15. The van der Waals surface area contributed by atoms with Crippen molar-refractivity contribution >= 4 is 11.9 Å². The summed E-state index contributed by atoms with van der Waals surface area (Å²) in [6.07, 6.45) is 0. The summed E-state index contributed by atoms with van der Waals surface area (Å²) < 4.78 is 0. The Balaban J connectivity index is 2.28. The third kappa shape index (κ3) is 3.45. The van der Waals surface area contributed by atoms with Crippen molar-refractivity contribution in [3.63, 3.8) is 0 Å². The smallest absolute Gasteiger partial charge is 0.335 e. The SMILES string of the molecule is CC(=O)NCc1cccc(-c2cccc(C(=O)O)c2)c1. The molecule has 0 atom stereocenters. The zero-order chi connectivity index (χ0) is 14.5. The predicted octanol–water partition coefficient (Wildman–Crippen LogP) is 2.69. The van der Waals surface area contributed by atoms with Gasteiger partial charge in [-0.2, -0.15) is 0 Å². The molecule has 0 saturated heterocycles. The normalized spacial score (nSPS) is 10.1. The Morgan fingerprint density at radius 1 is 1.05 bits per heavy atom. The lowest BCUT2D eigenvalue weighted by molar-refractivity contribution is -0.119. The van der Waals surface area contributed by atoms with E-state index in [2.05, 4.69) is 5.32 Å². The molecule has 0 radical (unpaired) electrons. The van der Waals surface area contributed by atoms with Crippen molar-refractivity contribution in [2.75, 3.05) is 0 Å². The average molecular weight is 269 g/mol. The maximum absolute atomic E-state index is 11.0. The van der Waals surface area contributed by atoms with Gasteiger partial charge >= 0.3 is 5.97 Å².